The molecule has 3 N–H and O–H groups in total. The lowest BCUT2D eigenvalue weighted by Gasteiger charge is -2.22. The summed E-state index contributed by atoms with van der Waals surface area (Å²) in [6.07, 6.45) is 7.17. The molecular weight excluding hydrogens is 414 g/mol. The van der Waals surface area contributed by atoms with Crippen molar-refractivity contribution in [2.75, 3.05) is 0 Å². The van der Waals surface area contributed by atoms with E-state index in [2.05, 4.69) is 38.8 Å². The van der Waals surface area contributed by atoms with Crippen LogP contribution in [0, 0.1) is 11.8 Å². The van der Waals surface area contributed by atoms with Crippen LogP contribution in [0.3, 0.4) is 0 Å². The molecule has 3 unspecified atom stereocenters. The van der Waals surface area contributed by atoms with Gasteiger partial charge in [0.05, 0.1) is 0 Å². The first-order valence-electron chi connectivity index (χ1n) is 11.7. The highest BCUT2D eigenvalue weighted by molar-refractivity contribution is 5.92. The normalized spacial score (nSPS) is 21.8. The Hall–Kier alpha value is -3.45. The fourth-order valence-electron chi connectivity index (χ4n) is 5.62. The number of benzene rings is 1. The number of hydrogen-bond donors (Lipinski definition) is 3. The summed E-state index contributed by atoms with van der Waals surface area (Å²) >= 11 is 0. The molecule has 1 aromatic carbocycles. The Morgan fingerprint density at radius 3 is 2.88 bits per heavy atom. The first-order chi connectivity index (χ1) is 16.1. The van der Waals surface area contributed by atoms with Crippen LogP contribution in [0.15, 0.2) is 59.5 Å². The van der Waals surface area contributed by atoms with Gasteiger partial charge in [0.15, 0.2) is 0 Å². The molecule has 2 aliphatic rings. The van der Waals surface area contributed by atoms with E-state index in [9.17, 15) is 9.59 Å². The van der Waals surface area contributed by atoms with Crippen LogP contribution in [0.2, 0.25) is 0 Å². The Morgan fingerprint density at radius 1 is 1.09 bits per heavy atom. The highest BCUT2D eigenvalue weighted by Gasteiger charge is 2.39. The molecule has 4 aromatic rings. The summed E-state index contributed by atoms with van der Waals surface area (Å²) in [5.74, 6) is 1.44. The number of nitrogens with zero attached hydrogens (tertiary/aromatic N) is 2. The summed E-state index contributed by atoms with van der Waals surface area (Å²) in [6.45, 7) is 1.22. The van der Waals surface area contributed by atoms with Crippen LogP contribution < -0.4 is 16.2 Å². The van der Waals surface area contributed by atoms with Crippen molar-refractivity contribution in [3.05, 3.63) is 82.0 Å². The van der Waals surface area contributed by atoms with Gasteiger partial charge in [0.2, 0.25) is 0 Å². The molecule has 7 heteroatoms. The molecule has 2 aliphatic carbocycles. The van der Waals surface area contributed by atoms with Gasteiger partial charge in [-0.2, -0.15) is 0 Å². The zero-order valence-corrected chi connectivity index (χ0v) is 18.4. The van der Waals surface area contributed by atoms with Crippen molar-refractivity contribution in [2.24, 2.45) is 11.8 Å². The van der Waals surface area contributed by atoms with Crippen LogP contribution in [0.25, 0.3) is 16.6 Å². The zero-order valence-electron chi connectivity index (χ0n) is 18.4. The number of rotatable bonds is 6. The van der Waals surface area contributed by atoms with Crippen molar-refractivity contribution in [2.45, 2.75) is 44.8 Å². The second kappa shape index (κ2) is 8.15. The van der Waals surface area contributed by atoms with E-state index in [1.807, 2.05) is 6.07 Å². The van der Waals surface area contributed by atoms with E-state index in [4.69, 9.17) is 0 Å². The highest BCUT2D eigenvalue weighted by atomic mass is 16.2. The Kier molecular flexibility index (Phi) is 4.99. The van der Waals surface area contributed by atoms with Crippen molar-refractivity contribution >= 4 is 22.5 Å². The lowest BCUT2D eigenvalue weighted by atomic mass is 9.95. The standard InChI is InChI=1S/C26H27N5O2/c32-25-13-23(30-24-3-1-2-8-31(24)25)26(33)28-14-17-5-7-19-12-20(29-22(19)11-17)15-27-21-10-16-4-6-18(21)9-16/h1-3,5,7-8,11-13,16,18,21,27,29H,4,6,9-10,14-15H2,(H,28,33). The number of hydrogen-bond acceptors (Lipinski definition) is 4. The second-order valence-electron chi connectivity index (χ2n) is 9.47. The molecule has 0 aliphatic heterocycles. The summed E-state index contributed by atoms with van der Waals surface area (Å²) < 4.78 is 1.42. The smallest absolute Gasteiger partial charge is 0.270 e. The summed E-state index contributed by atoms with van der Waals surface area (Å²) in [5.41, 5.74) is 3.55. The maximum absolute atomic E-state index is 12.6. The van der Waals surface area contributed by atoms with Gasteiger partial charge in [-0.05, 0) is 66.3 Å². The van der Waals surface area contributed by atoms with E-state index in [-0.39, 0.29) is 17.2 Å². The molecule has 168 valence electrons. The van der Waals surface area contributed by atoms with Crippen LogP contribution in [-0.2, 0) is 13.1 Å². The van der Waals surface area contributed by atoms with Gasteiger partial charge in [0, 0.05) is 42.6 Å². The number of aromatic nitrogens is 3. The monoisotopic (exact) mass is 441 g/mol. The number of carbonyl (C=O) groups excluding carboxylic acids is 1. The Bertz CT molecular complexity index is 1400. The van der Waals surface area contributed by atoms with E-state index in [1.54, 1.807) is 24.4 Å². The van der Waals surface area contributed by atoms with Crippen molar-refractivity contribution in [1.29, 1.82) is 0 Å². The predicted octanol–water partition coefficient (Wildman–Crippen LogP) is 3.38. The molecule has 7 nitrogen and oxygen atoms in total. The number of pyridine rings is 1. The number of fused-ring (bicyclic) bond motifs is 4. The van der Waals surface area contributed by atoms with Crippen LogP contribution in [-0.4, -0.2) is 26.3 Å². The summed E-state index contributed by atoms with van der Waals surface area (Å²) in [6, 6.07) is 15.6. The summed E-state index contributed by atoms with van der Waals surface area (Å²) in [4.78, 5) is 32.7. The van der Waals surface area contributed by atoms with Gasteiger partial charge in [0.25, 0.3) is 11.5 Å². The summed E-state index contributed by atoms with van der Waals surface area (Å²) in [5, 5.41) is 7.80. The zero-order chi connectivity index (χ0) is 22.4. The molecule has 1 amide bonds. The number of H-pyrrole nitrogens is 1. The van der Waals surface area contributed by atoms with Gasteiger partial charge in [0.1, 0.15) is 11.3 Å². The summed E-state index contributed by atoms with van der Waals surface area (Å²) in [7, 11) is 0. The van der Waals surface area contributed by atoms with E-state index in [0.717, 1.165) is 29.5 Å². The second-order valence-corrected chi connectivity index (χ2v) is 9.47. The predicted molar refractivity (Wildman–Crippen MR) is 127 cm³/mol. The molecule has 2 saturated carbocycles. The van der Waals surface area contributed by atoms with Crippen molar-refractivity contribution in [3.8, 4) is 0 Å². The van der Waals surface area contributed by atoms with Gasteiger partial charge in [-0.1, -0.05) is 24.6 Å². The topological polar surface area (TPSA) is 91.3 Å². The molecule has 2 fully saturated rings. The van der Waals surface area contributed by atoms with Crippen molar-refractivity contribution < 1.29 is 4.79 Å². The number of aromatic amines is 1. The van der Waals surface area contributed by atoms with Gasteiger partial charge < -0.3 is 15.6 Å². The molecule has 0 spiro atoms. The molecule has 6 rings (SSSR count). The van der Waals surface area contributed by atoms with Gasteiger partial charge in [-0.15, -0.1) is 0 Å². The number of amides is 1. The van der Waals surface area contributed by atoms with Crippen LogP contribution in [0.4, 0.5) is 0 Å². The molecule has 3 atom stereocenters. The largest absolute Gasteiger partial charge is 0.357 e. The molecule has 3 heterocycles. The van der Waals surface area contributed by atoms with E-state index in [1.165, 1.54) is 47.2 Å². The quantitative estimate of drug-likeness (QED) is 0.428. The minimum atomic E-state index is -0.360. The first-order valence-corrected chi connectivity index (χ1v) is 11.7. The minimum absolute atomic E-state index is 0.126. The third-order valence-electron chi connectivity index (χ3n) is 7.29. The lowest BCUT2D eigenvalue weighted by Crippen LogP contribution is -2.33. The first kappa shape index (κ1) is 20.2. The SMILES string of the molecule is O=C(NCc1ccc2cc(CNC3CC4CCC3C4)[nH]c2c1)c1cc(=O)n2ccccc2n1. The molecule has 3 aromatic heterocycles. The maximum Gasteiger partial charge on any atom is 0.270 e. The molecule has 0 radical (unpaired) electrons. The van der Waals surface area contributed by atoms with Crippen LogP contribution in [0.5, 0.6) is 0 Å². The van der Waals surface area contributed by atoms with Gasteiger partial charge in [-0.25, -0.2) is 4.98 Å². The van der Waals surface area contributed by atoms with E-state index in [0.29, 0.717) is 18.2 Å². The van der Waals surface area contributed by atoms with Crippen molar-refractivity contribution in [3.63, 3.8) is 0 Å². The molecule has 0 saturated heterocycles. The van der Waals surface area contributed by atoms with Crippen LogP contribution >= 0.6 is 0 Å². The van der Waals surface area contributed by atoms with E-state index < -0.39 is 0 Å². The van der Waals surface area contributed by atoms with Crippen molar-refractivity contribution in [1.82, 2.24) is 25.0 Å². The third kappa shape index (κ3) is 3.93. The highest BCUT2D eigenvalue weighted by Crippen LogP contribution is 2.44. The average molecular weight is 442 g/mol. The Balaban J connectivity index is 1.11. The average Bonchev–Trinajstić information content (AvgIpc) is 3.56. The van der Waals surface area contributed by atoms with Gasteiger partial charge in [-0.3, -0.25) is 14.0 Å². The number of nitrogens with one attached hydrogen (secondary N) is 3. The molecule has 33 heavy (non-hydrogen) atoms. The third-order valence-corrected chi connectivity index (χ3v) is 7.29. The molecular formula is C26H27N5O2. The lowest BCUT2D eigenvalue weighted by molar-refractivity contribution is 0.0946. The van der Waals surface area contributed by atoms with Crippen LogP contribution in [0.1, 0.15) is 47.4 Å². The van der Waals surface area contributed by atoms with Gasteiger partial charge >= 0.3 is 0 Å². The Morgan fingerprint density at radius 2 is 2.03 bits per heavy atom. The minimum Gasteiger partial charge on any atom is -0.357 e. The van der Waals surface area contributed by atoms with E-state index >= 15 is 0 Å². The fraction of sp³-hybridized carbons (Fsp3) is 0.346. The maximum atomic E-state index is 12.6. The fourth-order valence-corrected chi connectivity index (χ4v) is 5.62. The Labute approximate surface area is 191 Å². The molecule has 2 bridgehead atoms. The number of carbonyl (C=O) groups is 1.